The molecule has 70 valence electrons. The van der Waals surface area contributed by atoms with Crippen molar-refractivity contribution < 1.29 is 0 Å². The van der Waals surface area contributed by atoms with Gasteiger partial charge < -0.3 is 5.32 Å². The van der Waals surface area contributed by atoms with Crippen molar-refractivity contribution in [2.24, 2.45) is 0 Å². The van der Waals surface area contributed by atoms with Gasteiger partial charge in [-0.1, -0.05) is 11.6 Å². The fourth-order valence-corrected chi connectivity index (χ4v) is 2.61. The van der Waals surface area contributed by atoms with Crippen LogP contribution in [-0.4, -0.2) is 22.5 Å². The smallest absolute Gasteiger partial charge is 0.129 e. The van der Waals surface area contributed by atoms with E-state index in [-0.39, 0.29) is 0 Å². The van der Waals surface area contributed by atoms with Gasteiger partial charge >= 0.3 is 0 Å². The molecule has 1 aromatic heterocycles. The van der Waals surface area contributed by atoms with Crippen molar-refractivity contribution in [1.29, 1.82) is 0 Å². The lowest BCUT2D eigenvalue weighted by Crippen LogP contribution is -2.17. The largest absolute Gasteiger partial charge is 0.380 e. The molecular weight excluding hydrogens is 204 g/mol. The van der Waals surface area contributed by atoms with E-state index in [0.717, 1.165) is 5.69 Å². The first kappa shape index (κ1) is 9.16. The summed E-state index contributed by atoms with van der Waals surface area (Å²) in [5.41, 5.74) is 1.07. The molecule has 0 unspecified atom stereocenters. The van der Waals surface area contributed by atoms with Gasteiger partial charge in [0.15, 0.2) is 0 Å². The first-order valence-corrected chi connectivity index (χ1v) is 5.84. The van der Waals surface area contributed by atoms with Crippen LogP contribution >= 0.6 is 23.4 Å². The van der Waals surface area contributed by atoms with Crippen LogP contribution in [0.5, 0.6) is 0 Å². The maximum absolute atomic E-state index is 5.69. The van der Waals surface area contributed by atoms with Crippen LogP contribution in [-0.2, 0) is 0 Å². The summed E-state index contributed by atoms with van der Waals surface area (Å²) in [6.45, 7) is 0. The molecule has 0 bridgehead atoms. The van der Waals surface area contributed by atoms with Gasteiger partial charge in [-0.2, -0.15) is 11.8 Å². The van der Waals surface area contributed by atoms with Gasteiger partial charge in [-0.3, -0.25) is 0 Å². The van der Waals surface area contributed by atoms with Gasteiger partial charge in [0.1, 0.15) is 5.15 Å². The Kier molecular flexibility index (Phi) is 2.96. The Hall–Kier alpha value is -0.410. The molecule has 1 aromatic rings. The van der Waals surface area contributed by atoms with Crippen molar-refractivity contribution in [3.8, 4) is 0 Å². The number of thioether (sulfide) groups is 1. The highest BCUT2D eigenvalue weighted by Gasteiger charge is 2.14. The van der Waals surface area contributed by atoms with Crippen LogP contribution in [0.25, 0.3) is 0 Å². The molecular formula is C9H11ClN2S. The van der Waals surface area contributed by atoms with Gasteiger partial charge in [-0.25, -0.2) is 4.98 Å². The highest BCUT2D eigenvalue weighted by atomic mass is 35.5. The van der Waals surface area contributed by atoms with Gasteiger partial charge in [0.25, 0.3) is 0 Å². The highest BCUT2D eigenvalue weighted by Crippen LogP contribution is 2.21. The number of nitrogens with zero attached hydrogens (tertiary/aromatic N) is 1. The van der Waals surface area contributed by atoms with E-state index in [1.54, 1.807) is 6.20 Å². The van der Waals surface area contributed by atoms with Crippen LogP contribution in [0.3, 0.4) is 0 Å². The summed E-state index contributed by atoms with van der Waals surface area (Å²) >= 11 is 7.68. The summed E-state index contributed by atoms with van der Waals surface area (Å²) in [6, 6.07) is 4.39. The van der Waals surface area contributed by atoms with E-state index in [4.69, 9.17) is 11.6 Å². The maximum Gasteiger partial charge on any atom is 0.129 e. The maximum atomic E-state index is 5.69. The topological polar surface area (TPSA) is 24.9 Å². The number of anilines is 1. The number of pyridine rings is 1. The normalized spacial score (nSPS) is 21.8. The first-order chi connectivity index (χ1) is 6.34. The minimum absolute atomic E-state index is 0.548. The molecule has 2 nitrogen and oxygen atoms in total. The van der Waals surface area contributed by atoms with Crippen molar-refractivity contribution in [1.82, 2.24) is 4.98 Å². The number of aromatic nitrogens is 1. The lowest BCUT2D eigenvalue weighted by molar-refractivity contribution is 0.812. The van der Waals surface area contributed by atoms with E-state index in [2.05, 4.69) is 10.3 Å². The van der Waals surface area contributed by atoms with Crippen LogP contribution in [0.15, 0.2) is 18.3 Å². The van der Waals surface area contributed by atoms with E-state index < -0.39 is 0 Å². The summed E-state index contributed by atoms with van der Waals surface area (Å²) in [5, 5.41) is 3.97. The first-order valence-electron chi connectivity index (χ1n) is 4.30. The second-order valence-corrected chi connectivity index (χ2v) is 4.61. The molecule has 1 N–H and O–H groups in total. The van der Waals surface area contributed by atoms with Gasteiger partial charge in [0.2, 0.25) is 0 Å². The number of hydrogen-bond acceptors (Lipinski definition) is 3. The second kappa shape index (κ2) is 4.20. The van der Waals surface area contributed by atoms with Crippen LogP contribution in [0.1, 0.15) is 6.42 Å². The van der Waals surface area contributed by atoms with Crippen LogP contribution in [0.2, 0.25) is 5.15 Å². The number of nitrogens with one attached hydrogen (secondary N) is 1. The molecule has 0 amide bonds. The van der Waals surface area contributed by atoms with E-state index in [1.165, 1.54) is 17.9 Å². The molecule has 2 heterocycles. The monoisotopic (exact) mass is 214 g/mol. The quantitative estimate of drug-likeness (QED) is 0.767. The Morgan fingerprint density at radius 2 is 2.46 bits per heavy atom. The number of rotatable bonds is 2. The van der Waals surface area contributed by atoms with Gasteiger partial charge in [-0.05, 0) is 24.3 Å². The third-order valence-electron chi connectivity index (χ3n) is 2.03. The lowest BCUT2D eigenvalue weighted by Gasteiger charge is -2.11. The highest BCUT2D eigenvalue weighted by molar-refractivity contribution is 7.99. The minimum Gasteiger partial charge on any atom is -0.380 e. The third kappa shape index (κ3) is 2.51. The van der Waals surface area contributed by atoms with Crippen LogP contribution in [0, 0.1) is 0 Å². The average Bonchev–Trinajstić information content (AvgIpc) is 2.62. The van der Waals surface area contributed by atoms with Crippen molar-refractivity contribution in [3.05, 3.63) is 23.5 Å². The molecule has 0 spiro atoms. The van der Waals surface area contributed by atoms with Gasteiger partial charge in [0.05, 0.1) is 11.9 Å². The Balaban J connectivity index is 1.97. The van der Waals surface area contributed by atoms with E-state index in [1.807, 2.05) is 23.9 Å². The van der Waals surface area contributed by atoms with E-state index in [9.17, 15) is 0 Å². The van der Waals surface area contributed by atoms with Crippen LogP contribution in [0.4, 0.5) is 5.69 Å². The van der Waals surface area contributed by atoms with Gasteiger partial charge in [0, 0.05) is 11.8 Å². The molecule has 0 aliphatic carbocycles. The zero-order valence-corrected chi connectivity index (χ0v) is 8.74. The fourth-order valence-electron chi connectivity index (χ4n) is 1.35. The molecule has 1 saturated heterocycles. The van der Waals surface area contributed by atoms with Crippen molar-refractivity contribution in [2.75, 3.05) is 16.8 Å². The zero-order valence-electron chi connectivity index (χ0n) is 7.16. The predicted octanol–water partition coefficient (Wildman–Crippen LogP) is 2.65. The third-order valence-corrected chi connectivity index (χ3v) is 3.41. The molecule has 0 aromatic carbocycles. The Bertz CT molecular complexity index is 269. The fraction of sp³-hybridized carbons (Fsp3) is 0.444. The second-order valence-electron chi connectivity index (χ2n) is 3.07. The average molecular weight is 215 g/mol. The molecule has 1 fully saturated rings. The Morgan fingerprint density at radius 3 is 3.08 bits per heavy atom. The molecule has 1 atom stereocenters. The molecule has 13 heavy (non-hydrogen) atoms. The van der Waals surface area contributed by atoms with Crippen molar-refractivity contribution >= 4 is 29.1 Å². The Labute approximate surface area is 87.1 Å². The summed E-state index contributed by atoms with van der Waals surface area (Å²) in [7, 11) is 0. The summed E-state index contributed by atoms with van der Waals surface area (Å²) < 4.78 is 0. The standard InChI is InChI=1S/C9H11ClN2S/c10-9-2-1-7(5-11-9)12-8-3-4-13-6-8/h1-2,5,8,12H,3-4,6H2/t8-/m0/s1. The van der Waals surface area contributed by atoms with Crippen LogP contribution < -0.4 is 5.32 Å². The van der Waals surface area contributed by atoms with Crippen molar-refractivity contribution in [3.63, 3.8) is 0 Å². The summed E-state index contributed by atoms with van der Waals surface area (Å²) in [6.07, 6.45) is 3.03. The molecule has 1 aliphatic rings. The molecule has 0 saturated carbocycles. The van der Waals surface area contributed by atoms with E-state index in [0.29, 0.717) is 11.2 Å². The minimum atomic E-state index is 0.548. The molecule has 0 radical (unpaired) electrons. The summed E-state index contributed by atoms with van der Waals surface area (Å²) in [5.74, 6) is 2.46. The van der Waals surface area contributed by atoms with E-state index >= 15 is 0 Å². The Morgan fingerprint density at radius 1 is 1.54 bits per heavy atom. The zero-order chi connectivity index (χ0) is 9.10. The lowest BCUT2D eigenvalue weighted by atomic mass is 10.2. The predicted molar refractivity (Wildman–Crippen MR) is 58.6 cm³/mol. The molecule has 4 heteroatoms. The molecule has 1 aliphatic heterocycles. The van der Waals surface area contributed by atoms with Crippen molar-refractivity contribution in [2.45, 2.75) is 12.5 Å². The summed E-state index contributed by atoms with van der Waals surface area (Å²) in [4.78, 5) is 4.02. The number of hydrogen-bond donors (Lipinski definition) is 1. The number of halogens is 1. The van der Waals surface area contributed by atoms with Gasteiger partial charge in [-0.15, -0.1) is 0 Å². The SMILES string of the molecule is Clc1ccc(N[C@H]2CCSC2)cn1. The molecule has 2 rings (SSSR count).